The van der Waals surface area contributed by atoms with E-state index >= 15 is 0 Å². The van der Waals surface area contributed by atoms with Crippen LogP contribution in [0.4, 0.5) is 0 Å². The minimum atomic E-state index is -0.413. The molecule has 4 rings (SSSR count). The number of thiazole rings is 1. The molecule has 6 heteroatoms. The van der Waals surface area contributed by atoms with Crippen LogP contribution in [0.25, 0.3) is 10.6 Å². The van der Waals surface area contributed by atoms with Gasteiger partial charge >= 0.3 is 0 Å². The minimum Gasteiger partial charge on any atom is -0.356 e. The number of piperidine rings is 2. The highest BCUT2D eigenvalue weighted by atomic mass is 32.1. The predicted molar refractivity (Wildman–Crippen MR) is 106 cm³/mol. The summed E-state index contributed by atoms with van der Waals surface area (Å²) in [6, 6.07) is 9.96. The first-order chi connectivity index (χ1) is 13.1. The number of aromatic nitrogens is 1. The molecule has 0 bridgehead atoms. The molecule has 2 amide bonds. The second-order valence-corrected chi connectivity index (χ2v) is 8.43. The van der Waals surface area contributed by atoms with E-state index in [-0.39, 0.29) is 17.9 Å². The van der Waals surface area contributed by atoms with Crippen LogP contribution in [-0.4, -0.2) is 40.8 Å². The molecular weight excluding hydrogens is 358 g/mol. The van der Waals surface area contributed by atoms with Gasteiger partial charge in [-0.3, -0.25) is 9.59 Å². The predicted octanol–water partition coefficient (Wildman–Crippen LogP) is 3.26. The molecule has 2 saturated heterocycles. The van der Waals surface area contributed by atoms with Crippen LogP contribution in [-0.2, 0) is 16.0 Å². The number of hydrogen-bond donors (Lipinski definition) is 1. The number of nitrogens with one attached hydrogen (secondary N) is 1. The summed E-state index contributed by atoms with van der Waals surface area (Å²) >= 11 is 1.57. The molecule has 2 fully saturated rings. The second-order valence-electron chi connectivity index (χ2n) is 7.57. The van der Waals surface area contributed by atoms with Crippen molar-refractivity contribution in [2.45, 2.75) is 45.1 Å². The molecule has 2 atom stereocenters. The van der Waals surface area contributed by atoms with Crippen LogP contribution >= 0.6 is 11.3 Å². The third kappa shape index (κ3) is 3.38. The summed E-state index contributed by atoms with van der Waals surface area (Å²) < 4.78 is 0. The van der Waals surface area contributed by atoms with Gasteiger partial charge in [0, 0.05) is 30.1 Å². The molecule has 0 aliphatic carbocycles. The average molecular weight is 384 g/mol. The largest absolute Gasteiger partial charge is 0.356 e. The van der Waals surface area contributed by atoms with Gasteiger partial charge in [0.15, 0.2) is 0 Å². The zero-order valence-corrected chi connectivity index (χ0v) is 16.4. The van der Waals surface area contributed by atoms with Crippen molar-refractivity contribution in [1.82, 2.24) is 15.2 Å². The number of rotatable bonds is 3. The van der Waals surface area contributed by atoms with Crippen molar-refractivity contribution in [1.29, 1.82) is 0 Å². The van der Waals surface area contributed by atoms with E-state index in [9.17, 15) is 9.59 Å². The van der Waals surface area contributed by atoms with Crippen LogP contribution in [0.3, 0.4) is 0 Å². The van der Waals surface area contributed by atoms with Gasteiger partial charge in [0.2, 0.25) is 11.8 Å². The number of carbonyl (C=O) groups excluding carboxylic acids is 2. The highest BCUT2D eigenvalue weighted by Crippen LogP contribution is 2.42. The maximum absolute atomic E-state index is 13.0. The normalized spacial score (nSPS) is 25.4. The summed E-state index contributed by atoms with van der Waals surface area (Å²) in [6.45, 7) is 3.52. The molecule has 1 N–H and O–H groups in total. The summed E-state index contributed by atoms with van der Waals surface area (Å²) in [5, 5.41) is 5.92. The van der Waals surface area contributed by atoms with Gasteiger partial charge in [-0.1, -0.05) is 30.3 Å². The van der Waals surface area contributed by atoms with Gasteiger partial charge < -0.3 is 10.2 Å². The van der Waals surface area contributed by atoms with Crippen molar-refractivity contribution >= 4 is 23.2 Å². The fourth-order valence-electron chi connectivity index (χ4n) is 4.50. The molecule has 2 aliphatic heterocycles. The monoisotopic (exact) mass is 383 g/mol. The molecule has 1 aromatic heterocycles. The third-order valence-electron chi connectivity index (χ3n) is 6.05. The molecule has 27 heavy (non-hydrogen) atoms. The molecule has 1 aromatic carbocycles. The lowest BCUT2D eigenvalue weighted by Gasteiger charge is -2.49. The van der Waals surface area contributed by atoms with E-state index in [1.54, 1.807) is 11.3 Å². The van der Waals surface area contributed by atoms with Gasteiger partial charge in [-0.15, -0.1) is 11.3 Å². The van der Waals surface area contributed by atoms with Gasteiger partial charge in [-0.25, -0.2) is 4.98 Å². The summed E-state index contributed by atoms with van der Waals surface area (Å²) in [7, 11) is 0. The SMILES string of the molecule is C[C@@H]1N(C(=O)Cc2csc(-c3ccccc3)n2)CCC[C@@]12CCCNC2=O. The Bertz CT molecular complexity index is 831. The summed E-state index contributed by atoms with van der Waals surface area (Å²) in [5.41, 5.74) is 1.47. The Hall–Kier alpha value is -2.21. The molecule has 1 spiro atoms. The quantitative estimate of drug-likeness (QED) is 0.885. The first-order valence-electron chi connectivity index (χ1n) is 9.68. The van der Waals surface area contributed by atoms with E-state index in [0.717, 1.165) is 55.0 Å². The standard InChI is InChI=1S/C21H25N3O2S/c1-15-21(9-5-11-22-20(21)26)10-6-12-24(15)18(25)13-17-14-27-19(23-17)16-7-3-2-4-8-16/h2-4,7-8,14-15H,5-6,9-13H2,1H3,(H,22,26)/t15-,21-/m0/s1. The van der Waals surface area contributed by atoms with Crippen molar-refractivity contribution < 1.29 is 9.59 Å². The van der Waals surface area contributed by atoms with E-state index in [2.05, 4.69) is 10.3 Å². The smallest absolute Gasteiger partial charge is 0.228 e. The molecule has 0 saturated carbocycles. The van der Waals surface area contributed by atoms with E-state index in [4.69, 9.17) is 0 Å². The number of carbonyl (C=O) groups is 2. The number of hydrogen-bond acceptors (Lipinski definition) is 4. The zero-order chi connectivity index (χ0) is 18.9. The van der Waals surface area contributed by atoms with Gasteiger partial charge in [0.05, 0.1) is 17.5 Å². The molecule has 0 radical (unpaired) electrons. The lowest BCUT2D eigenvalue weighted by molar-refractivity contribution is -0.149. The van der Waals surface area contributed by atoms with Crippen LogP contribution in [0.5, 0.6) is 0 Å². The third-order valence-corrected chi connectivity index (χ3v) is 6.99. The summed E-state index contributed by atoms with van der Waals surface area (Å²) in [6.07, 6.45) is 3.92. The first kappa shape index (κ1) is 18.2. The van der Waals surface area contributed by atoms with Crippen LogP contribution in [0.15, 0.2) is 35.7 Å². The van der Waals surface area contributed by atoms with Gasteiger partial charge in [0.1, 0.15) is 5.01 Å². The van der Waals surface area contributed by atoms with Crippen molar-refractivity contribution in [3.8, 4) is 10.6 Å². The van der Waals surface area contributed by atoms with Crippen LogP contribution < -0.4 is 5.32 Å². The molecule has 3 heterocycles. The van der Waals surface area contributed by atoms with E-state index in [1.807, 2.05) is 47.5 Å². The molecule has 0 unspecified atom stereocenters. The minimum absolute atomic E-state index is 0.0636. The van der Waals surface area contributed by atoms with Gasteiger partial charge in [-0.05, 0) is 32.6 Å². The Balaban J connectivity index is 1.48. The Labute approximate surface area is 163 Å². The maximum atomic E-state index is 13.0. The maximum Gasteiger partial charge on any atom is 0.228 e. The highest BCUT2D eigenvalue weighted by molar-refractivity contribution is 7.13. The molecule has 2 aromatic rings. The van der Waals surface area contributed by atoms with Crippen LogP contribution in [0.1, 0.15) is 38.3 Å². The number of likely N-dealkylation sites (tertiary alicyclic amines) is 1. The first-order valence-corrected chi connectivity index (χ1v) is 10.6. The zero-order valence-electron chi connectivity index (χ0n) is 15.6. The van der Waals surface area contributed by atoms with Crippen molar-refractivity contribution in [3.05, 3.63) is 41.4 Å². The van der Waals surface area contributed by atoms with Crippen molar-refractivity contribution in [3.63, 3.8) is 0 Å². The number of benzene rings is 1. The summed E-state index contributed by atoms with van der Waals surface area (Å²) in [5.74, 6) is 0.198. The lowest BCUT2D eigenvalue weighted by Crippen LogP contribution is -2.61. The van der Waals surface area contributed by atoms with E-state index < -0.39 is 5.41 Å². The Morgan fingerprint density at radius 1 is 1.30 bits per heavy atom. The average Bonchev–Trinajstić information content (AvgIpc) is 3.15. The Morgan fingerprint density at radius 2 is 2.07 bits per heavy atom. The van der Waals surface area contributed by atoms with Crippen LogP contribution in [0, 0.1) is 5.41 Å². The molecule has 2 aliphatic rings. The highest BCUT2D eigenvalue weighted by Gasteiger charge is 2.49. The van der Waals surface area contributed by atoms with E-state index in [1.165, 1.54) is 0 Å². The topological polar surface area (TPSA) is 62.3 Å². The Kier molecular flexibility index (Phi) is 5.00. The van der Waals surface area contributed by atoms with Gasteiger partial charge in [0.25, 0.3) is 0 Å². The molecular formula is C21H25N3O2S. The van der Waals surface area contributed by atoms with Crippen LogP contribution in [0.2, 0.25) is 0 Å². The van der Waals surface area contributed by atoms with Crippen molar-refractivity contribution in [2.75, 3.05) is 13.1 Å². The number of nitrogens with zero attached hydrogens (tertiary/aromatic N) is 2. The van der Waals surface area contributed by atoms with Gasteiger partial charge in [-0.2, -0.15) is 0 Å². The fraction of sp³-hybridized carbons (Fsp3) is 0.476. The molecule has 5 nitrogen and oxygen atoms in total. The number of amides is 2. The molecule has 142 valence electrons. The fourth-order valence-corrected chi connectivity index (χ4v) is 5.32. The van der Waals surface area contributed by atoms with Crippen molar-refractivity contribution in [2.24, 2.45) is 5.41 Å². The Morgan fingerprint density at radius 3 is 2.85 bits per heavy atom. The van der Waals surface area contributed by atoms with E-state index in [0.29, 0.717) is 6.42 Å². The second kappa shape index (κ2) is 7.43. The summed E-state index contributed by atoms with van der Waals surface area (Å²) in [4.78, 5) is 32.2. The lowest BCUT2D eigenvalue weighted by atomic mass is 9.68.